The molecule has 0 fully saturated rings. The first-order valence-corrected chi connectivity index (χ1v) is 7.36. The van der Waals surface area contributed by atoms with Crippen LogP contribution in [0.5, 0.6) is 0 Å². The Labute approximate surface area is 125 Å². The van der Waals surface area contributed by atoms with E-state index in [0.29, 0.717) is 12.8 Å². The van der Waals surface area contributed by atoms with Crippen LogP contribution >= 0.6 is 0 Å². The number of nitrogens with one attached hydrogen (secondary N) is 2. The summed E-state index contributed by atoms with van der Waals surface area (Å²) in [6.45, 7) is 3.88. The quantitative estimate of drug-likeness (QED) is 0.689. The monoisotopic (exact) mass is 292 g/mol. The number of carbonyl (C=O) groups excluding carboxylic acids is 1. The molecule has 0 radical (unpaired) electrons. The zero-order chi connectivity index (χ0) is 15.7. The van der Waals surface area contributed by atoms with E-state index in [1.807, 2.05) is 44.2 Å². The van der Waals surface area contributed by atoms with E-state index in [0.717, 1.165) is 18.4 Å². The van der Waals surface area contributed by atoms with E-state index in [4.69, 9.17) is 5.11 Å². The standard InChI is InChI=1S/C16H24N2O3/c1-3-4-10-14(15(19)20)18-16(21)17-12(2)11-13-8-6-5-7-9-13/h5-9,12,14H,3-4,10-11H2,1-2H3,(H,19,20)(H2,17,18,21)/t12?,14-/m0/s1. The van der Waals surface area contributed by atoms with E-state index in [2.05, 4.69) is 10.6 Å². The fraction of sp³-hybridized carbons (Fsp3) is 0.500. The van der Waals surface area contributed by atoms with Crippen molar-refractivity contribution in [3.8, 4) is 0 Å². The van der Waals surface area contributed by atoms with Gasteiger partial charge in [-0.15, -0.1) is 0 Å². The summed E-state index contributed by atoms with van der Waals surface area (Å²) < 4.78 is 0. The van der Waals surface area contributed by atoms with Crippen LogP contribution in [-0.4, -0.2) is 29.2 Å². The van der Waals surface area contributed by atoms with Crippen LogP contribution in [0, 0.1) is 0 Å². The maximum absolute atomic E-state index is 11.8. The summed E-state index contributed by atoms with van der Waals surface area (Å²) in [5.74, 6) is -0.991. The fourth-order valence-corrected chi connectivity index (χ4v) is 2.11. The maximum atomic E-state index is 11.8. The number of benzene rings is 1. The van der Waals surface area contributed by atoms with Crippen LogP contribution in [0.1, 0.15) is 38.7 Å². The van der Waals surface area contributed by atoms with E-state index >= 15 is 0 Å². The van der Waals surface area contributed by atoms with E-state index in [1.165, 1.54) is 0 Å². The van der Waals surface area contributed by atoms with E-state index in [1.54, 1.807) is 0 Å². The van der Waals surface area contributed by atoms with Crippen LogP contribution in [-0.2, 0) is 11.2 Å². The van der Waals surface area contributed by atoms with Gasteiger partial charge in [-0.1, -0.05) is 50.1 Å². The van der Waals surface area contributed by atoms with Crippen molar-refractivity contribution in [2.75, 3.05) is 0 Å². The van der Waals surface area contributed by atoms with Crippen LogP contribution in [0.25, 0.3) is 0 Å². The molecule has 1 unspecified atom stereocenters. The van der Waals surface area contributed by atoms with Gasteiger partial charge in [0.05, 0.1) is 0 Å². The molecule has 0 aromatic heterocycles. The lowest BCUT2D eigenvalue weighted by molar-refractivity contribution is -0.139. The summed E-state index contributed by atoms with van der Waals surface area (Å²) in [5, 5.41) is 14.4. The van der Waals surface area contributed by atoms with Gasteiger partial charge in [-0.25, -0.2) is 9.59 Å². The third-order valence-corrected chi connectivity index (χ3v) is 3.21. The Morgan fingerprint density at radius 2 is 1.86 bits per heavy atom. The van der Waals surface area contributed by atoms with Gasteiger partial charge in [-0.05, 0) is 25.3 Å². The molecule has 0 aliphatic rings. The van der Waals surface area contributed by atoms with Gasteiger partial charge in [0.25, 0.3) is 0 Å². The number of hydrogen-bond donors (Lipinski definition) is 3. The van der Waals surface area contributed by atoms with Crippen LogP contribution in [0.2, 0.25) is 0 Å². The number of carboxylic acid groups (broad SMARTS) is 1. The van der Waals surface area contributed by atoms with Gasteiger partial charge in [0, 0.05) is 6.04 Å². The Hall–Kier alpha value is -2.04. The Morgan fingerprint density at radius 3 is 2.43 bits per heavy atom. The molecule has 0 heterocycles. The van der Waals surface area contributed by atoms with Crippen LogP contribution in [0.15, 0.2) is 30.3 Å². The minimum Gasteiger partial charge on any atom is -0.480 e. The third-order valence-electron chi connectivity index (χ3n) is 3.21. The number of amides is 2. The van der Waals surface area contributed by atoms with Crippen LogP contribution < -0.4 is 10.6 Å². The van der Waals surface area contributed by atoms with Gasteiger partial charge >= 0.3 is 12.0 Å². The number of rotatable bonds is 8. The molecule has 1 aromatic carbocycles. The summed E-state index contributed by atoms with van der Waals surface area (Å²) in [5.41, 5.74) is 1.13. The molecular formula is C16H24N2O3. The molecule has 0 spiro atoms. The minimum atomic E-state index is -0.991. The zero-order valence-electron chi connectivity index (χ0n) is 12.6. The van der Waals surface area contributed by atoms with Crippen molar-refractivity contribution in [3.63, 3.8) is 0 Å². The fourth-order valence-electron chi connectivity index (χ4n) is 2.11. The molecule has 2 amide bonds. The van der Waals surface area contributed by atoms with Gasteiger partial charge in [0.2, 0.25) is 0 Å². The van der Waals surface area contributed by atoms with Crippen molar-refractivity contribution in [2.24, 2.45) is 0 Å². The topological polar surface area (TPSA) is 78.4 Å². The second-order valence-corrected chi connectivity index (χ2v) is 5.24. The van der Waals surface area contributed by atoms with Gasteiger partial charge in [-0.2, -0.15) is 0 Å². The SMILES string of the molecule is CCCC[C@H](NC(=O)NC(C)Cc1ccccc1)C(=O)O. The molecule has 0 bridgehead atoms. The predicted molar refractivity (Wildman–Crippen MR) is 82.2 cm³/mol. The number of unbranched alkanes of at least 4 members (excludes halogenated alkanes) is 1. The van der Waals surface area contributed by atoms with Crippen molar-refractivity contribution >= 4 is 12.0 Å². The predicted octanol–water partition coefficient (Wildman–Crippen LogP) is 2.56. The highest BCUT2D eigenvalue weighted by molar-refractivity contribution is 5.82. The first-order chi connectivity index (χ1) is 10.0. The molecule has 3 N–H and O–H groups in total. The summed E-state index contributed by atoms with van der Waals surface area (Å²) in [4.78, 5) is 22.9. The van der Waals surface area contributed by atoms with E-state index in [-0.39, 0.29) is 6.04 Å². The highest BCUT2D eigenvalue weighted by Gasteiger charge is 2.19. The average molecular weight is 292 g/mol. The molecule has 1 rings (SSSR count). The molecule has 0 saturated heterocycles. The van der Waals surface area contributed by atoms with Crippen molar-refractivity contribution in [1.29, 1.82) is 0 Å². The van der Waals surface area contributed by atoms with Crippen molar-refractivity contribution < 1.29 is 14.7 Å². The van der Waals surface area contributed by atoms with Gasteiger partial charge in [0.1, 0.15) is 6.04 Å². The third kappa shape index (κ3) is 6.79. The molecular weight excluding hydrogens is 268 g/mol. The van der Waals surface area contributed by atoms with Crippen molar-refractivity contribution in [1.82, 2.24) is 10.6 Å². The second-order valence-electron chi connectivity index (χ2n) is 5.24. The first kappa shape index (κ1) is 17.0. The average Bonchev–Trinajstić information content (AvgIpc) is 2.44. The lowest BCUT2D eigenvalue weighted by Gasteiger charge is -2.18. The van der Waals surface area contributed by atoms with E-state index in [9.17, 15) is 9.59 Å². The maximum Gasteiger partial charge on any atom is 0.326 e. The van der Waals surface area contributed by atoms with Gasteiger partial charge < -0.3 is 15.7 Å². The molecule has 1 aromatic rings. The highest BCUT2D eigenvalue weighted by Crippen LogP contribution is 2.03. The molecule has 0 aliphatic heterocycles. The van der Waals surface area contributed by atoms with Crippen LogP contribution in [0.3, 0.4) is 0 Å². The summed E-state index contributed by atoms with van der Waals surface area (Å²) in [7, 11) is 0. The normalized spacial score (nSPS) is 13.2. The van der Waals surface area contributed by atoms with Crippen LogP contribution in [0.4, 0.5) is 4.79 Å². The van der Waals surface area contributed by atoms with E-state index < -0.39 is 18.0 Å². The molecule has 116 valence electrons. The Bertz CT molecular complexity index is 448. The number of carboxylic acids is 1. The number of urea groups is 1. The molecule has 5 heteroatoms. The molecule has 2 atom stereocenters. The highest BCUT2D eigenvalue weighted by atomic mass is 16.4. The number of aliphatic carboxylic acids is 1. The van der Waals surface area contributed by atoms with Gasteiger partial charge in [0.15, 0.2) is 0 Å². The Kier molecular flexibility index (Phi) is 7.29. The molecule has 21 heavy (non-hydrogen) atoms. The molecule has 0 aliphatic carbocycles. The lowest BCUT2D eigenvalue weighted by Crippen LogP contribution is -2.48. The second kappa shape index (κ2) is 9.00. The summed E-state index contributed by atoms with van der Waals surface area (Å²) in [6, 6.07) is 8.53. The molecule has 5 nitrogen and oxygen atoms in total. The van der Waals surface area contributed by atoms with Crippen molar-refractivity contribution in [2.45, 2.75) is 51.6 Å². The summed E-state index contributed by atoms with van der Waals surface area (Å²) >= 11 is 0. The summed E-state index contributed by atoms with van der Waals surface area (Å²) in [6.07, 6.45) is 2.83. The zero-order valence-corrected chi connectivity index (χ0v) is 12.6. The number of carbonyl (C=O) groups is 2. The lowest BCUT2D eigenvalue weighted by atomic mass is 10.1. The minimum absolute atomic E-state index is 0.0620. The molecule has 0 saturated carbocycles. The Morgan fingerprint density at radius 1 is 1.19 bits per heavy atom. The number of hydrogen-bond acceptors (Lipinski definition) is 2. The van der Waals surface area contributed by atoms with Gasteiger partial charge in [-0.3, -0.25) is 0 Å². The first-order valence-electron chi connectivity index (χ1n) is 7.36. The largest absolute Gasteiger partial charge is 0.480 e. The van der Waals surface area contributed by atoms with Crippen molar-refractivity contribution in [3.05, 3.63) is 35.9 Å². The Balaban J connectivity index is 2.42. The smallest absolute Gasteiger partial charge is 0.326 e.